The second kappa shape index (κ2) is 7.62. The molecule has 2 saturated heterocycles. The van der Waals surface area contributed by atoms with E-state index in [9.17, 15) is 9.90 Å². The van der Waals surface area contributed by atoms with Crippen molar-refractivity contribution in [2.75, 3.05) is 40.4 Å². The number of nitrogens with zero attached hydrogens (tertiary/aromatic N) is 2. The van der Waals surface area contributed by atoms with Gasteiger partial charge in [-0.3, -0.25) is 9.69 Å². The van der Waals surface area contributed by atoms with E-state index in [1.807, 2.05) is 18.2 Å². The molecule has 0 spiro atoms. The first kappa shape index (κ1) is 18.0. The normalized spacial score (nSPS) is 24.6. The van der Waals surface area contributed by atoms with Gasteiger partial charge >= 0.3 is 0 Å². The third-order valence-corrected chi connectivity index (χ3v) is 5.23. The summed E-state index contributed by atoms with van der Waals surface area (Å²) in [6, 6.07) is 5.66. The zero-order valence-corrected chi connectivity index (χ0v) is 15.2. The average molecular weight is 348 g/mol. The van der Waals surface area contributed by atoms with E-state index in [0.717, 1.165) is 37.9 Å². The highest BCUT2D eigenvalue weighted by atomic mass is 16.5. The van der Waals surface area contributed by atoms with E-state index in [2.05, 4.69) is 4.90 Å². The monoisotopic (exact) mass is 348 g/mol. The Balaban J connectivity index is 1.75. The summed E-state index contributed by atoms with van der Waals surface area (Å²) < 4.78 is 10.8. The number of methoxy groups -OCH3 is 2. The minimum Gasteiger partial charge on any atom is -0.493 e. The van der Waals surface area contributed by atoms with Crippen LogP contribution >= 0.6 is 0 Å². The highest BCUT2D eigenvalue weighted by Gasteiger charge is 2.43. The molecule has 1 N–H and O–H groups in total. The van der Waals surface area contributed by atoms with Crippen LogP contribution in [-0.2, 0) is 11.3 Å². The number of carbonyl (C=O) groups excluding carboxylic acids is 1. The lowest BCUT2D eigenvalue weighted by atomic mass is 9.90. The maximum absolute atomic E-state index is 13.0. The molecular weight excluding hydrogens is 320 g/mol. The molecule has 0 aliphatic carbocycles. The minimum atomic E-state index is -1.27. The van der Waals surface area contributed by atoms with E-state index in [0.29, 0.717) is 37.6 Å². The zero-order chi connectivity index (χ0) is 17.9. The van der Waals surface area contributed by atoms with Crippen LogP contribution in [-0.4, -0.2) is 66.8 Å². The fourth-order valence-electron chi connectivity index (χ4n) is 3.96. The summed E-state index contributed by atoms with van der Waals surface area (Å²) in [6.45, 7) is 3.46. The molecule has 0 aromatic heterocycles. The van der Waals surface area contributed by atoms with Gasteiger partial charge in [-0.15, -0.1) is 0 Å². The number of rotatable bonds is 6. The second-order valence-corrected chi connectivity index (χ2v) is 7.00. The van der Waals surface area contributed by atoms with Crippen molar-refractivity contribution >= 4 is 5.91 Å². The predicted molar refractivity (Wildman–Crippen MR) is 94.8 cm³/mol. The van der Waals surface area contributed by atoms with E-state index in [1.54, 1.807) is 19.1 Å². The van der Waals surface area contributed by atoms with Crippen molar-refractivity contribution in [1.82, 2.24) is 9.80 Å². The molecule has 6 nitrogen and oxygen atoms in total. The van der Waals surface area contributed by atoms with Crippen molar-refractivity contribution in [2.24, 2.45) is 0 Å². The van der Waals surface area contributed by atoms with Gasteiger partial charge in [-0.2, -0.15) is 0 Å². The van der Waals surface area contributed by atoms with Crippen LogP contribution in [0.25, 0.3) is 0 Å². The Morgan fingerprint density at radius 2 is 1.88 bits per heavy atom. The molecule has 1 unspecified atom stereocenters. The van der Waals surface area contributed by atoms with Gasteiger partial charge in [-0.05, 0) is 44.8 Å². The molecule has 6 heteroatoms. The topological polar surface area (TPSA) is 62.2 Å². The van der Waals surface area contributed by atoms with Gasteiger partial charge in [0.1, 0.15) is 0 Å². The molecule has 138 valence electrons. The van der Waals surface area contributed by atoms with Crippen molar-refractivity contribution in [3.05, 3.63) is 23.8 Å². The van der Waals surface area contributed by atoms with Gasteiger partial charge in [0.2, 0.25) is 0 Å². The summed E-state index contributed by atoms with van der Waals surface area (Å²) in [5.74, 6) is 1.12. The van der Waals surface area contributed by atoms with Gasteiger partial charge in [-0.1, -0.05) is 12.1 Å². The van der Waals surface area contributed by atoms with Gasteiger partial charge in [0.05, 0.1) is 14.2 Å². The lowest BCUT2D eigenvalue weighted by Crippen LogP contribution is -2.58. The van der Waals surface area contributed by atoms with Crippen molar-refractivity contribution in [2.45, 2.75) is 37.8 Å². The van der Waals surface area contributed by atoms with E-state index < -0.39 is 5.60 Å². The molecular formula is C19H28N2O4. The van der Waals surface area contributed by atoms with Gasteiger partial charge < -0.3 is 19.5 Å². The third kappa shape index (κ3) is 3.75. The number of β-amino-alcohol motifs (C(OH)–C–C–N with tert-alkyl or cyclic N) is 1. The van der Waals surface area contributed by atoms with E-state index in [4.69, 9.17) is 9.47 Å². The molecule has 3 rings (SSSR count). The Labute approximate surface area is 149 Å². The van der Waals surface area contributed by atoms with Gasteiger partial charge in [0, 0.05) is 25.2 Å². The molecule has 2 aliphatic rings. The highest BCUT2D eigenvalue weighted by molar-refractivity contribution is 5.86. The van der Waals surface area contributed by atoms with Crippen molar-refractivity contribution < 1.29 is 19.4 Å². The maximum atomic E-state index is 13.0. The van der Waals surface area contributed by atoms with Gasteiger partial charge in [-0.25, -0.2) is 0 Å². The first-order valence-corrected chi connectivity index (χ1v) is 9.01. The van der Waals surface area contributed by atoms with Gasteiger partial charge in [0.25, 0.3) is 5.91 Å². The molecule has 1 atom stereocenters. The smallest absolute Gasteiger partial charge is 0.256 e. The lowest BCUT2D eigenvalue weighted by Gasteiger charge is -2.40. The summed E-state index contributed by atoms with van der Waals surface area (Å²) >= 11 is 0. The molecule has 1 aromatic rings. The molecule has 25 heavy (non-hydrogen) atoms. The number of carbonyl (C=O) groups is 1. The number of piperidine rings is 1. The van der Waals surface area contributed by atoms with Crippen LogP contribution in [0.4, 0.5) is 0 Å². The highest BCUT2D eigenvalue weighted by Crippen LogP contribution is 2.33. The van der Waals surface area contributed by atoms with Crippen LogP contribution in [0.15, 0.2) is 18.2 Å². The van der Waals surface area contributed by atoms with Crippen molar-refractivity contribution in [3.8, 4) is 11.5 Å². The van der Waals surface area contributed by atoms with Crippen LogP contribution in [0.3, 0.4) is 0 Å². The number of amides is 1. The number of hydrogen-bond acceptors (Lipinski definition) is 5. The Bertz CT molecular complexity index is 615. The van der Waals surface area contributed by atoms with Crippen molar-refractivity contribution in [3.63, 3.8) is 0 Å². The quantitative estimate of drug-likeness (QED) is 0.847. The largest absolute Gasteiger partial charge is 0.493 e. The van der Waals surface area contributed by atoms with Crippen LogP contribution in [0.2, 0.25) is 0 Å². The molecule has 1 aromatic carbocycles. The number of para-hydroxylation sites is 1. The van der Waals surface area contributed by atoms with Crippen LogP contribution in [0.5, 0.6) is 11.5 Å². The Kier molecular flexibility index (Phi) is 5.49. The third-order valence-electron chi connectivity index (χ3n) is 5.23. The van der Waals surface area contributed by atoms with Crippen LogP contribution in [0, 0.1) is 0 Å². The average Bonchev–Trinajstić information content (AvgIpc) is 3.11. The molecule has 2 aliphatic heterocycles. The summed E-state index contributed by atoms with van der Waals surface area (Å²) in [7, 11) is 3.20. The minimum absolute atomic E-state index is 0.171. The molecule has 2 heterocycles. The van der Waals surface area contributed by atoms with Crippen molar-refractivity contribution in [1.29, 1.82) is 0 Å². The summed E-state index contributed by atoms with van der Waals surface area (Å²) in [6.07, 6.45) is 3.64. The molecule has 2 fully saturated rings. The molecule has 0 radical (unpaired) electrons. The second-order valence-electron chi connectivity index (χ2n) is 7.00. The number of benzene rings is 1. The fraction of sp³-hybridized carbons (Fsp3) is 0.632. The van der Waals surface area contributed by atoms with E-state index in [1.165, 1.54) is 0 Å². The Morgan fingerprint density at radius 3 is 2.56 bits per heavy atom. The summed E-state index contributed by atoms with van der Waals surface area (Å²) in [5, 5.41) is 11.0. The fourth-order valence-corrected chi connectivity index (χ4v) is 3.96. The van der Waals surface area contributed by atoms with Gasteiger partial charge in [0.15, 0.2) is 17.1 Å². The first-order chi connectivity index (χ1) is 12.1. The number of ether oxygens (including phenoxy) is 2. The SMILES string of the molecule is COc1cccc(CN2CCCC(O)(CN3CCCC3)C2=O)c1OC. The maximum Gasteiger partial charge on any atom is 0.256 e. The first-order valence-electron chi connectivity index (χ1n) is 9.01. The lowest BCUT2D eigenvalue weighted by molar-refractivity contribution is -0.160. The standard InChI is InChI=1S/C19H28N2O4/c1-24-16-8-5-7-15(17(16)25-2)13-21-12-6-9-19(23,18(21)22)14-20-10-3-4-11-20/h5,7-8,23H,3-4,6,9-14H2,1-2H3. The zero-order valence-electron chi connectivity index (χ0n) is 15.2. The molecule has 1 amide bonds. The van der Waals surface area contributed by atoms with E-state index in [-0.39, 0.29) is 5.91 Å². The summed E-state index contributed by atoms with van der Waals surface area (Å²) in [4.78, 5) is 16.9. The predicted octanol–water partition coefficient (Wildman–Crippen LogP) is 1.65. The number of hydrogen-bond donors (Lipinski definition) is 1. The van der Waals surface area contributed by atoms with E-state index >= 15 is 0 Å². The molecule has 0 saturated carbocycles. The summed E-state index contributed by atoms with van der Waals surface area (Å²) in [5.41, 5.74) is -0.380. The van der Waals surface area contributed by atoms with Crippen LogP contribution < -0.4 is 9.47 Å². The number of aliphatic hydroxyl groups is 1. The molecule has 0 bridgehead atoms. The Morgan fingerprint density at radius 1 is 1.12 bits per heavy atom. The van der Waals surface area contributed by atoms with Crippen LogP contribution in [0.1, 0.15) is 31.2 Å². The Hall–Kier alpha value is -1.79. The number of likely N-dealkylation sites (tertiary alicyclic amines) is 2.